The fraction of sp³-hybridized carbons (Fsp3) is 0.571. The number of aliphatic hydroxyl groups is 2. The molecule has 0 amide bonds. The molecule has 0 bridgehead atoms. The summed E-state index contributed by atoms with van der Waals surface area (Å²) in [5.41, 5.74) is 0.805. The third-order valence-electron chi connectivity index (χ3n) is 2.46. The molecule has 18 heavy (non-hydrogen) atoms. The molecule has 0 spiro atoms. The maximum Gasteiger partial charge on any atom is 0.119 e. The van der Waals surface area contributed by atoms with Crippen molar-refractivity contribution in [2.24, 2.45) is 5.92 Å². The van der Waals surface area contributed by atoms with Gasteiger partial charge in [-0.15, -0.1) is 0 Å². The van der Waals surface area contributed by atoms with Gasteiger partial charge in [0.15, 0.2) is 0 Å². The molecule has 0 heterocycles. The number of hydrogen-bond acceptors (Lipinski definition) is 4. The first-order valence-electron chi connectivity index (χ1n) is 6.33. The van der Waals surface area contributed by atoms with Crippen molar-refractivity contribution in [1.29, 1.82) is 0 Å². The Kier molecular flexibility index (Phi) is 6.72. The quantitative estimate of drug-likeness (QED) is 0.651. The Hall–Kier alpha value is -1.10. The summed E-state index contributed by atoms with van der Waals surface area (Å²) >= 11 is 0. The molecule has 1 aromatic rings. The average molecular weight is 253 g/mol. The first kappa shape index (κ1) is 15.0. The van der Waals surface area contributed by atoms with E-state index >= 15 is 0 Å². The predicted molar refractivity (Wildman–Crippen MR) is 71.6 cm³/mol. The highest BCUT2D eigenvalue weighted by molar-refractivity contribution is 5.27. The number of benzene rings is 1. The number of nitrogens with one attached hydrogen (secondary N) is 1. The molecule has 0 fully saturated rings. The van der Waals surface area contributed by atoms with E-state index in [9.17, 15) is 5.11 Å². The summed E-state index contributed by atoms with van der Waals surface area (Å²) in [6.07, 6.45) is -0.526. The molecule has 0 saturated carbocycles. The summed E-state index contributed by atoms with van der Waals surface area (Å²) < 4.78 is 5.47. The fourth-order valence-electron chi connectivity index (χ4n) is 1.52. The number of ether oxygens (including phenoxy) is 1. The predicted octanol–water partition coefficient (Wildman–Crippen LogP) is 1.16. The van der Waals surface area contributed by atoms with Crippen LogP contribution in [0.3, 0.4) is 0 Å². The SMILES string of the molecule is CC(C)CNCC(O)COc1cccc(CO)c1. The first-order chi connectivity index (χ1) is 8.61. The van der Waals surface area contributed by atoms with Gasteiger partial charge in [-0.1, -0.05) is 26.0 Å². The lowest BCUT2D eigenvalue weighted by molar-refractivity contribution is 0.106. The van der Waals surface area contributed by atoms with Crippen LogP contribution in [0, 0.1) is 5.92 Å². The number of aliphatic hydroxyl groups excluding tert-OH is 2. The van der Waals surface area contributed by atoms with E-state index in [1.54, 1.807) is 6.07 Å². The van der Waals surface area contributed by atoms with Gasteiger partial charge in [-0.3, -0.25) is 0 Å². The van der Waals surface area contributed by atoms with Crippen molar-refractivity contribution in [2.75, 3.05) is 19.7 Å². The Morgan fingerprint density at radius 3 is 2.72 bits per heavy atom. The minimum atomic E-state index is -0.526. The monoisotopic (exact) mass is 253 g/mol. The number of hydrogen-bond donors (Lipinski definition) is 3. The Bertz CT molecular complexity index is 342. The molecule has 1 atom stereocenters. The molecule has 3 N–H and O–H groups in total. The van der Waals surface area contributed by atoms with Gasteiger partial charge < -0.3 is 20.3 Å². The lowest BCUT2D eigenvalue weighted by Crippen LogP contribution is -2.33. The highest BCUT2D eigenvalue weighted by Gasteiger charge is 2.05. The third kappa shape index (κ3) is 6.00. The minimum Gasteiger partial charge on any atom is -0.491 e. The molecule has 0 aliphatic carbocycles. The van der Waals surface area contributed by atoms with E-state index in [4.69, 9.17) is 9.84 Å². The topological polar surface area (TPSA) is 61.7 Å². The van der Waals surface area contributed by atoms with Gasteiger partial charge in [0.25, 0.3) is 0 Å². The summed E-state index contributed by atoms with van der Waals surface area (Å²) in [4.78, 5) is 0. The minimum absolute atomic E-state index is 0.00427. The Labute approximate surface area is 109 Å². The standard InChI is InChI=1S/C14H23NO3/c1-11(2)7-15-8-13(17)10-18-14-5-3-4-12(6-14)9-16/h3-6,11,13,15-17H,7-10H2,1-2H3. The molecule has 0 aromatic heterocycles. The molecule has 1 rings (SSSR count). The summed E-state index contributed by atoms with van der Waals surface area (Å²) in [6.45, 7) is 5.90. The van der Waals surface area contributed by atoms with Gasteiger partial charge in [0.2, 0.25) is 0 Å². The van der Waals surface area contributed by atoms with Gasteiger partial charge in [0, 0.05) is 6.54 Å². The van der Waals surface area contributed by atoms with E-state index < -0.39 is 6.10 Å². The second kappa shape index (κ2) is 8.08. The molecule has 1 unspecified atom stereocenters. The van der Waals surface area contributed by atoms with Crippen LogP contribution in [-0.4, -0.2) is 36.0 Å². The molecule has 0 radical (unpaired) electrons. The first-order valence-corrected chi connectivity index (χ1v) is 6.33. The molecule has 0 aliphatic rings. The van der Waals surface area contributed by atoms with Crippen LogP contribution in [-0.2, 0) is 6.61 Å². The molecule has 1 aromatic carbocycles. The molecule has 4 nitrogen and oxygen atoms in total. The number of rotatable bonds is 8. The lowest BCUT2D eigenvalue weighted by atomic mass is 10.2. The molecule has 102 valence electrons. The Morgan fingerprint density at radius 2 is 2.06 bits per heavy atom. The van der Waals surface area contributed by atoms with Crippen LogP contribution in [0.25, 0.3) is 0 Å². The summed E-state index contributed by atoms with van der Waals surface area (Å²) in [7, 11) is 0. The average Bonchev–Trinajstić information content (AvgIpc) is 2.36. The van der Waals surface area contributed by atoms with Gasteiger partial charge >= 0.3 is 0 Å². The Balaban J connectivity index is 2.26. The van der Waals surface area contributed by atoms with Crippen LogP contribution in [0.4, 0.5) is 0 Å². The summed E-state index contributed by atoms with van der Waals surface area (Å²) in [5, 5.41) is 21.9. The van der Waals surface area contributed by atoms with Crippen molar-refractivity contribution in [3.8, 4) is 5.75 Å². The van der Waals surface area contributed by atoms with Crippen LogP contribution in [0.5, 0.6) is 5.75 Å². The van der Waals surface area contributed by atoms with E-state index in [2.05, 4.69) is 19.2 Å². The zero-order valence-corrected chi connectivity index (χ0v) is 11.1. The maximum atomic E-state index is 9.71. The van der Waals surface area contributed by atoms with Gasteiger partial charge in [-0.05, 0) is 30.2 Å². The van der Waals surface area contributed by atoms with Crippen molar-refractivity contribution in [3.63, 3.8) is 0 Å². The van der Waals surface area contributed by atoms with Crippen molar-refractivity contribution in [3.05, 3.63) is 29.8 Å². The summed E-state index contributed by atoms with van der Waals surface area (Å²) in [6, 6.07) is 7.24. The van der Waals surface area contributed by atoms with Crippen molar-refractivity contribution in [1.82, 2.24) is 5.32 Å². The molecule has 0 aliphatic heterocycles. The van der Waals surface area contributed by atoms with E-state index in [0.29, 0.717) is 18.2 Å². The van der Waals surface area contributed by atoms with Crippen molar-refractivity contribution >= 4 is 0 Å². The van der Waals surface area contributed by atoms with Gasteiger partial charge in [-0.2, -0.15) is 0 Å². The van der Waals surface area contributed by atoms with Crippen LogP contribution in [0.15, 0.2) is 24.3 Å². The van der Waals surface area contributed by atoms with Crippen LogP contribution in [0.1, 0.15) is 19.4 Å². The fourth-order valence-corrected chi connectivity index (χ4v) is 1.52. The second-order valence-corrected chi connectivity index (χ2v) is 4.82. The second-order valence-electron chi connectivity index (χ2n) is 4.82. The molecule has 4 heteroatoms. The van der Waals surface area contributed by atoms with Gasteiger partial charge in [0.1, 0.15) is 18.5 Å². The smallest absolute Gasteiger partial charge is 0.119 e. The third-order valence-corrected chi connectivity index (χ3v) is 2.46. The largest absolute Gasteiger partial charge is 0.491 e. The van der Waals surface area contributed by atoms with Gasteiger partial charge in [-0.25, -0.2) is 0 Å². The van der Waals surface area contributed by atoms with Crippen LogP contribution in [0.2, 0.25) is 0 Å². The van der Waals surface area contributed by atoms with Crippen molar-refractivity contribution in [2.45, 2.75) is 26.6 Å². The van der Waals surface area contributed by atoms with Crippen molar-refractivity contribution < 1.29 is 14.9 Å². The highest BCUT2D eigenvalue weighted by Crippen LogP contribution is 2.13. The normalized spacial score (nSPS) is 12.7. The summed E-state index contributed by atoms with van der Waals surface area (Å²) in [5.74, 6) is 1.24. The van der Waals surface area contributed by atoms with Crippen LogP contribution >= 0.6 is 0 Å². The zero-order valence-electron chi connectivity index (χ0n) is 11.1. The molecule has 0 saturated heterocycles. The van der Waals surface area contributed by atoms with E-state index in [0.717, 1.165) is 12.1 Å². The lowest BCUT2D eigenvalue weighted by Gasteiger charge is -2.14. The molecular formula is C14H23NO3. The van der Waals surface area contributed by atoms with E-state index in [1.165, 1.54) is 0 Å². The zero-order chi connectivity index (χ0) is 13.4. The highest BCUT2D eigenvalue weighted by atomic mass is 16.5. The van der Waals surface area contributed by atoms with Crippen LogP contribution < -0.4 is 10.1 Å². The Morgan fingerprint density at radius 1 is 1.28 bits per heavy atom. The van der Waals surface area contributed by atoms with E-state index in [-0.39, 0.29) is 13.2 Å². The van der Waals surface area contributed by atoms with Gasteiger partial charge in [0.05, 0.1) is 6.61 Å². The maximum absolute atomic E-state index is 9.71. The van der Waals surface area contributed by atoms with E-state index in [1.807, 2.05) is 18.2 Å². The molecular weight excluding hydrogens is 230 g/mol.